The van der Waals surface area contributed by atoms with Crippen LogP contribution in [0.1, 0.15) is 64.4 Å². The van der Waals surface area contributed by atoms with Crippen molar-refractivity contribution in [1.29, 1.82) is 0 Å². The Labute approximate surface area is 119 Å². The fraction of sp³-hybridized carbons (Fsp3) is 0.714. The van der Waals surface area contributed by atoms with Gasteiger partial charge in [-0.2, -0.15) is 0 Å². The second kappa shape index (κ2) is 7.72. The van der Waals surface area contributed by atoms with Crippen LogP contribution in [-0.2, 0) is 6.42 Å². The number of aromatic nitrogens is 2. The summed E-state index contributed by atoms with van der Waals surface area (Å²) in [6.45, 7) is 9.64. The zero-order valence-corrected chi connectivity index (χ0v) is 13.5. The predicted octanol–water partition coefficient (Wildman–Crippen LogP) is 4.53. The molecule has 0 aliphatic carbocycles. The summed E-state index contributed by atoms with van der Waals surface area (Å²) < 4.78 is 1.03. The van der Waals surface area contributed by atoms with Crippen molar-refractivity contribution in [3.8, 4) is 0 Å². The topological polar surface area (TPSA) is 37.8 Å². The molecular formula is C14H24BrN3. The van der Waals surface area contributed by atoms with E-state index < -0.39 is 0 Å². The fourth-order valence-corrected chi connectivity index (χ4v) is 2.19. The highest BCUT2D eigenvalue weighted by Gasteiger charge is 2.14. The number of anilines is 1. The Kier molecular flexibility index (Phi) is 6.61. The van der Waals surface area contributed by atoms with Gasteiger partial charge in [0.25, 0.3) is 0 Å². The summed E-state index contributed by atoms with van der Waals surface area (Å²) in [7, 11) is 0. The molecule has 1 heterocycles. The lowest BCUT2D eigenvalue weighted by Gasteiger charge is -2.15. The van der Waals surface area contributed by atoms with E-state index in [1.807, 2.05) is 0 Å². The van der Waals surface area contributed by atoms with Gasteiger partial charge in [0, 0.05) is 12.5 Å². The van der Waals surface area contributed by atoms with E-state index in [4.69, 9.17) is 4.98 Å². The van der Waals surface area contributed by atoms with Gasteiger partial charge < -0.3 is 5.32 Å². The van der Waals surface area contributed by atoms with Gasteiger partial charge in [0.05, 0.1) is 10.2 Å². The number of hydrogen-bond donors (Lipinski definition) is 1. The lowest BCUT2D eigenvalue weighted by molar-refractivity contribution is 0.667. The molecule has 1 rings (SSSR count). The quantitative estimate of drug-likeness (QED) is 0.803. The van der Waals surface area contributed by atoms with Gasteiger partial charge >= 0.3 is 0 Å². The van der Waals surface area contributed by atoms with Gasteiger partial charge in [0.15, 0.2) is 0 Å². The van der Waals surface area contributed by atoms with Crippen LogP contribution in [0, 0.1) is 0 Å². The molecule has 1 unspecified atom stereocenters. The molecule has 0 saturated heterocycles. The third kappa shape index (κ3) is 3.94. The monoisotopic (exact) mass is 313 g/mol. The highest BCUT2D eigenvalue weighted by molar-refractivity contribution is 9.10. The fourth-order valence-electron chi connectivity index (χ4n) is 1.68. The van der Waals surface area contributed by atoms with Crippen molar-refractivity contribution in [1.82, 2.24) is 9.97 Å². The van der Waals surface area contributed by atoms with E-state index in [0.29, 0.717) is 5.92 Å². The minimum atomic E-state index is 0.413. The van der Waals surface area contributed by atoms with Gasteiger partial charge in [0.1, 0.15) is 11.6 Å². The number of rotatable bonds is 7. The van der Waals surface area contributed by atoms with Gasteiger partial charge in [-0.25, -0.2) is 9.97 Å². The first-order chi connectivity index (χ1) is 8.63. The van der Waals surface area contributed by atoms with Crippen LogP contribution in [-0.4, -0.2) is 16.5 Å². The Hall–Kier alpha value is -0.640. The van der Waals surface area contributed by atoms with Crippen LogP contribution >= 0.6 is 15.9 Å². The summed E-state index contributed by atoms with van der Waals surface area (Å²) in [6, 6.07) is 0. The van der Waals surface area contributed by atoms with Crippen LogP contribution in [0.4, 0.5) is 5.82 Å². The Morgan fingerprint density at radius 1 is 1.17 bits per heavy atom. The maximum atomic E-state index is 4.70. The summed E-state index contributed by atoms with van der Waals surface area (Å²) in [5, 5.41) is 3.38. The molecule has 3 nitrogen and oxygen atoms in total. The van der Waals surface area contributed by atoms with Crippen LogP contribution < -0.4 is 5.32 Å². The Balaban J connectivity index is 3.09. The molecule has 18 heavy (non-hydrogen) atoms. The summed E-state index contributed by atoms with van der Waals surface area (Å²) in [6.07, 6.45) is 4.26. The number of halogens is 1. The molecule has 0 bridgehead atoms. The summed E-state index contributed by atoms with van der Waals surface area (Å²) in [5.74, 6) is 2.32. The van der Waals surface area contributed by atoms with E-state index in [1.165, 1.54) is 0 Å². The zero-order chi connectivity index (χ0) is 13.5. The molecule has 1 aromatic heterocycles. The van der Waals surface area contributed by atoms with Gasteiger partial charge in [-0.05, 0) is 35.2 Å². The van der Waals surface area contributed by atoms with Crippen molar-refractivity contribution in [2.45, 2.75) is 59.3 Å². The van der Waals surface area contributed by atoms with Crippen molar-refractivity contribution in [3.05, 3.63) is 16.0 Å². The zero-order valence-electron chi connectivity index (χ0n) is 11.9. The van der Waals surface area contributed by atoms with Crippen LogP contribution in [0.15, 0.2) is 4.47 Å². The number of hydrogen-bond acceptors (Lipinski definition) is 3. The molecule has 0 spiro atoms. The first kappa shape index (κ1) is 15.4. The average Bonchev–Trinajstić information content (AvgIpc) is 2.39. The molecule has 1 N–H and O–H groups in total. The van der Waals surface area contributed by atoms with E-state index in [9.17, 15) is 0 Å². The first-order valence-corrected chi connectivity index (χ1v) is 7.73. The molecular weight excluding hydrogens is 290 g/mol. The van der Waals surface area contributed by atoms with Crippen molar-refractivity contribution in [2.24, 2.45) is 0 Å². The van der Waals surface area contributed by atoms with Gasteiger partial charge in [-0.1, -0.05) is 34.1 Å². The maximum absolute atomic E-state index is 4.70. The van der Waals surface area contributed by atoms with Crippen molar-refractivity contribution >= 4 is 21.7 Å². The third-order valence-electron chi connectivity index (χ3n) is 3.02. The lowest BCUT2D eigenvalue weighted by atomic mass is 10.1. The minimum absolute atomic E-state index is 0.413. The maximum Gasteiger partial charge on any atom is 0.144 e. The molecule has 102 valence electrons. The van der Waals surface area contributed by atoms with Crippen LogP contribution in [0.2, 0.25) is 0 Å². The summed E-state index contributed by atoms with van der Waals surface area (Å²) in [5.41, 5.74) is 1.13. The molecule has 0 radical (unpaired) electrons. The van der Waals surface area contributed by atoms with Crippen LogP contribution in [0.25, 0.3) is 0 Å². The van der Waals surface area contributed by atoms with Gasteiger partial charge in [-0.3, -0.25) is 0 Å². The van der Waals surface area contributed by atoms with Crippen molar-refractivity contribution < 1.29 is 0 Å². The summed E-state index contributed by atoms with van der Waals surface area (Å²) >= 11 is 3.63. The van der Waals surface area contributed by atoms with Crippen molar-refractivity contribution in [2.75, 3.05) is 11.9 Å². The Morgan fingerprint density at radius 3 is 2.44 bits per heavy atom. The van der Waals surface area contributed by atoms with Gasteiger partial charge in [0.2, 0.25) is 0 Å². The molecule has 1 atom stereocenters. The normalized spacial score (nSPS) is 12.5. The van der Waals surface area contributed by atoms with E-state index in [2.05, 4.69) is 53.9 Å². The van der Waals surface area contributed by atoms with E-state index >= 15 is 0 Å². The molecule has 0 aliphatic rings. The highest BCUT2D eigenvalue weighted by Crippen LogP contribution is 2.27. The van der Waals surface area contributed by atoms with E-state index in [-0.39, 0.29) is 0 Å². The number of nitrogens with one attached hydrogen (secondary N) is 1. The third-order valence-corrected chi connectivity index (χ3v) is 3.85. The van der Waals surface area contributed by atoms with Crippen LogP contribution in [0.3, 0.4) is 0 Å². The second-order valence-electron chi connectivity index (χ2n) is 4.68. The summed E-state index contributed by atoms with van der Waals surface area (Å²) in [4.78, 5) is 9.36. The second-order valence-corrected chi connectivity index (χ2v) is 5.47. The van der Waals surface area contributed by atoms with Gasteiger partial charge in [-0.15, -0.1) is 0 Å². The molecule has 0 aliphatic heterocycles. The molecule has 0 aromatic carbocycles. The van der Waals surface area contributed by atoms with Crippen molar-refractivity contribution in [3.63, 3.8) is 0 Å². The minimum Gasteiger partial charge on any atom is -0.369 e. The molecule has 0 amide bonds. The standard InChI is InChI=1S/C14H24BrN3/c1-5-8-11-12(15)14(16-9-6-2)18-13(17-11)10(4)7-3/h10H,5-9H2,1-4H3,(H,16,17,18). The van der Waals surface area contributed by atoms with E-state index in [0.717, 1.165) is 54.0 Å². The average molecular weight is 314 g/mol. The lowest BCUT2D eigenvalue weighted by Crippen LogP contribution is -2.10. The van der Waals surface area contributed by atoms with E-state index in [1.54, 1.807) is 0 Å². The SMILES string of the molecule is CCCNc1nc(C(C)CC)nc(CCC)c1Br. The predicted molar refractivity (Wildman–Crippen MR) is 81.2 cm³/mol. The largest absolute Gasteiger partial charge is 0.369 e. The van der Waals surface area contributed by atoms with Crippen LogP contribution in [0.5, 0.6) is 0 Å². The number of nitrogens with zero attached hydrogens (tertiary/aromatic N) is 2. The number of aryl methyl sites for hydroxylation is 1. The first-order valence-electron chi connectivity index (χ1n) is 6.94. The highest BCUT2D eigenvalue weighted by atomic mass is 79.9. The molecule has 1 aromatic rings. The Bertz CT molecular complexity index is 380. The molecule has 4 heteroatoms. The smallest absolute Gasteiger partial charge is 0.144 e. The molecule has 0 saturated carbocycles. The molecule has 0 fully saturated rings. The Morgan fingerprint density at radius 2 is 1.89 bits per heavy atom.